The molecule has 0 amide bonds. The average Bonchev–Trinajstić information content (AvgIpc) is 2.78. The van der Waals surface area contributed by atoms with Gasteiger partial charge in [-0.1, -0.05) is 17.7 Å². The second kappa shape index (κ2) is 4.70. The van der Waals surface area contributed by atoms with E-state index < -0.39 is 0 Å². The fourth-order valence-corrected chi connectivity index (χ4v) is 1.88. The van der Waals surface area contributed by atoms with Crippen molar-refractivity contribution in [1.29, 1.82) is 0 Å². The minimum atomic E-state index is -0.173. The summed E-state index contributed by atoms with van der Waals surface area (Å²) in [6.07, 6.45) is 1.62. The zero-order valence-electron chi connectivity index (χ0n) is 8.91. The SMILES string of the molecule is Cc1ccc(Cl)cc1C(NN)c1ccco1. The van der Waals surface area contributed by atoms with Gasteiger partial charge in [0.1, 0.15) is 11.8 Å². The van der Waals surface area contributed by atoms with Gasteiger partial charge in [0.05, 0.1) is 6.26 Å². The maximum Gasteiger partial charge on any atom is 0.126 e. The number of hydrazine groups is 1. The highest BCUT2D eigenvalue weighted by molar-refractivity contribution is 6.30. The molecular weight excluding hydrogens is 224 g/mol. The third kappa shape index (κ3) is 2.11. The van der Waals surface area contributed by atoms with Gasteiger partial charge in [-0.3, -0.25) is 5.84 Å². The lowest BCUT2D eigenvalue weighted by atomic mass is 10.00. The molecule has 2 rings (SSSR count). The number of rotatable bonds is 3. The molecule has 2 aromatic rings. The van der Waals surface area contributed by atoms with Crippen molar-refractivity contribution in [1.82, 2.24) is 5.43 Å². The molecule has 4 heteroatoms. The first kappa shape index (κ1) is 11.2. The van der Waals surface area contributed by atoms with Gasteiger partial charge in [-0.05, 0) is 42.3 Å². The Labute approximate surface area is 99.2 Å². The van der Waals surface area contributed by atoms with Crippen LogP contribution in [-0.4, -0.2) is 0 Å². The van der Waals surface area contributed by atoms with Crippen LogP contribution in [-0.2, 0) is 0 Å². The molecule has 16 heavy (non-hydrogen) atoms. The fraction of sp³-hybridized carbons (Fsp3) is 0.167. The Morgan fingerprint density at radius 1 is 1.38 bits per heavy atom. The smallest absolute Gasteiger partial charge is 0.126 e. The van der Waals surface area contributed by atoms with Gasteiger partial charge < -0.3 is 4.42 Å². The van der Waals surface area contributed by atoms with Crippen LogP contribution in [0.5, 0.6) is 0 Å². The van der Waals surface area contributed by atoms with Crippen molar-refractivity contribution in [3.05, 3.63) is 58.5 Å². The molecule has 0 fully saturated rings. The molecule has 1 aromatic carbocycles. The monoisotopic (exact) mass is 236 g/mol. The Hall–Kier alpha value is -1.29. The number of halogens is 1. The van der Waals surface area contributed by atoms with E-state index in [0.717, 1.165) is 16.9 Å². The first-order valence-electron chi connectivity index (χ1n) is 4.98. The number of furan rings is 1. The first-order chi connectivity index (χ1) is 7.72. The van der Waals surface area contributed by atoms with Gasteiger partial charge >= 0.3 is 0 Å². The summed E-state index contributed by atoms with van der Waals surface area (Å²) in [4.78, 5) is 0. The molecule has 84 valence electrons. The second-order valence-electron chi connectivity index (χ2n) is 3.62. The molecule has 1 heterocycles. The largest absolute Gasteiger partial charge is 0.467 e. The van der Waals surface area contributed by atoms with Crippen LogP contribution in [0.2, 0.25) is 5.02 Å². The molecule has 3 N–H and O–H groups in total. The van der Waals surface area contributed by atoms with Crippen LogP contribution in [0.4, 0.5) is 0 Å². The topological polar surface area (TPSA) is 51.2 Å². The van der Waals surface area contributed by atoms with Crippen LogP contribution in [0, 0.1) is 6.92 Å². The maximum absolute atomic E-state index is 5.98. The molecule has 0 bridgehead atoms. The lowest BCUT2D eigenvalue weighted by Crippen LogP contribution is -2.29. The van der Waals surface area contributed by atoms with Crippen molar-refractivity contribution in [2.75, 3.05) is 0 Å². The van der Waals surface area contributed by atoms with Crippen molar-refractivity contribution in [3.63, 3.8) is 0 Å². The summed E-state index contributed by atoms with van der Waals surface area (Å²) in [5.74, 6) is 6.33. The van der Waals surface area contributed by atoms with Gasteiger partial charge in [0.15, 0.2) is 0 Å². The summed E-state index contributed by atoms with van der Waals surface area (Å²) < 4.78 is 5.35. The summed E-state index contributed by atoms with van der Waals surface area (Å²) in [7, 11) is 0. The van der Waals surface area contributed by atoms with Gasteiger partial charge in [0, 0.05) is 5.02 Å². The minimum absolute atomic E-state index is 0.173. The van der Waals surface area contributed by atoms with Crippen molar-refractivity contribution >= 4 is 11.6 Å². The first-order valence-corrected chi connectivity index (χ1v) is 5.35. The molecule has 0 aliphatic carbocycles. The van der Waals surface area contributed by atoms with Gasteiger partial charge in [-0.2, -0.15) is 0 Å². The molecule has 1 atom stereocenters. The highest BCUT2D eigenvalue weighted by Crippen LogP contribution is 2.26. The third-order valence-electron chi connectivity index (χ3n) is 2.55. The predicted octanol–water partition coefficient (Wildman–Crippen LogP) is 2.79. The standard InChI is InChI=1S/C12H13ClN2O/c1-8-4-5-9(13)7-10(8)12(15-14)11-3-2-6-16-11/h2-7,12,15H,14H2,1H3. The summed E-state index contributed by atoms with van der Waals surface area (Å²) >= 11 is 5.98. The van der Waals surface area contributed by atoms with Crippen molar-refractivity contribution < 1.29 is 4.42 Å². The molecular formula is C12H13ClN2O. The molecule has 0 saturated heterocycles. The van der Waals surface area contributed by atoms with E-state index in [4.69, 9.17) is 21.9 Å². The van der Waals surface area contributed by atoms with E-state index in [9.17, 15) is 0 Å². The van der Waals surface area contributed by atoms with Gasteiger partial charge in [-0.25, -0.2) is 5.43 Å². The Morgan fingerprint density at radius 3 is 2.81 bits per heavy atom. The van der Waals surface area contributed by atoms with Crippen molar-refractivity contribution in [2.45, 2.75) is 13.0 Å². The summed E-state index contributed by atoms with van der Waals surface area (Å²) in [5.41, 5.74) is 4.87. The molecule has 0 saturated carbocycles. The molecule has 3 nitrogen and oxygen atoms in total. The van der Waals surface area contributed by atoms with Crippen LogP contribution in [0.3, 0.4) is 0 Å². The Bertz CT molecular complexity index is 468. The van der Waals surface area contributed by atoms with Crippen LogP contribution >= 0.6 is 11.6 Å². The van der Waals surface area contributed by atoms with Gasteiger partial charge in [0.2, 0.25) is 0 Å². The number of hydrogen-bond acceptors (Lipinski definition) is 3. The molecule has 0 aliphatic rings. The zero-order valence-corrected chi connectivity index (χ0v) is 9.66. The second-order valence-corrected chi connectivity index (χ2v) is 4.05. The number of nitrogens with two attached hydrogens (primary N) is 1. The highest BCUT2D eigenvalue weighted by Gasteiger charge is 2.17. The van der Waals surface area contributed by atoms with Gasteiger partial charge in [-0.15, -0.1) is 0 Å². The maximum atomic E-state index is 5.98. The minimum Gasteiger partial charge on any atom is -0.467 e. The normalized spacial score (nSPS) is 12.7. The van der Waals surface area contributed by atoms with E-state index >= 15 is 0 Å². The Balaban J connectivity index is 2.44. The predicted molar refractivity (Wildman–Crippen MR) is 64.1 cm³/mol. The van der Waals surface area contributed by atoms with E-state index in [1.54, 1.807) is 6.26 Å². The molecule has 0 spiro atoms. The summed E-state index contributed by atoms with van der Waals surface area (Å²) in [6.45, 7) is 2.01. The van der Waals surface area contributed by atoms with E-state index in [1.807, 2.05) is 37.3 Å². The summed E-state index contributed by atoms with van der Waals surface area (Å²) in [6, 6.07) is 9.25. The molecule has 0 aliphatic heterocycles. The number of aryl methyl sites for hydroxylation is 1. The third-order valence-corrected chi connectivity index (χ3v) is 2.78. The van der Waals surface area contributed by atoms with E-state index in [0.29, 0.717) is 5.02 Å². The van der Waals surface area contributed by atoms with Crippen molar-refractivity contribution in [2.24, 2.45) is 5.84 Å². The molecule has 1 unspecified atom stereocenters. The Kier molecular flexibility index (Phi) is 3.29. The van der Waals surface area contributed by atoms with Crippen LogP contribution in [0.1, 0.15) is 22.9 Å². The number of nitrogens with one attached hydrogen (secondary N) is 1. The fourth-order valence-electron chi connectivity index (χ4n) is 1.70. The van der Waals surface area contributed by atoms with E-state index in [-0.39, 0.29) is 6.04 Å². The quantitative estimate of drug-likeness (QED) is 0.637. The average molecular weight is 237 g/mol. The number of hydrogen-bond donors (Lipinski definition) is 2. The van der Waals surface area contributed by atoms with E-state index in [1.165, 1.54) is 0 Å². The Morgan fingerprint density at radius 2 is 2.19 bits per heavy atom. The van der Waals surface area contributed by atoms with Crippen LogP contribution in [0.15, 0.2) is 41.0 Å². The highest BCUT2D eigenvalue weighted by atomic mass is 35.5. The van der Waals surface area contributed by atoms with Gasteiger partial charge in [0.25, 0.3) is 0 Å². The molecule has 0 radical (unpaired) electrons. The zero-order chi connectivity index (χ0) is 11.5. The molecule has 1 aromatic heterocycles. The summed E-state index contributed by atoms with van der Waals surface area (Å²) in [5, 5.41) is 0.687. The van der Waals surface area contributed by atoms with Crippen molar-refractivity contribution in [3.8, 4) is 0 Å². The van der Waals surface area contributed by atoms with E-state index in [2.05, 4.69) is 5.43 Å². The number of benzene rings is 1. The lowest BCUT2D eigenvalue weighted by Gasteiger charge is -2.16. The van der Waals surface area contributed by atoms with Crippen LogP contribution < -0.4 is 11.3 Å². The van der Waals surface area contributed by atoms with Crippen LogP contribution in [0.25, 0.3) is 0 Å². The lowest BCUT2D eigenvalue weighted by molar-refractivity contribution is 0.451.